The quantitative estimate of drug-likeness (QED) is 0.276. The molecule has 0 unspecified atom stereocenters. The van der Waals surface area contributed by atoms with Gasteiger partial charge in [-0.25, -0.2) is 14.6 Å². The predicted molar refractivity (Wildman–Crippen MR) is 141 cm³/mol. The molecule has 0 aliphatic rings. The summed E-state index contributed by atoms with van der Waals surface area (Å²) < 4.78 is 1.97. The smallest absolute Gasteiger partial charge is 0.159 e. The van der Waals surface area contributed by atoms with Crippen molar-refractivity contribution in [3.8, 4) is 50.8 Å². The number of nitrogens with zero attached hydrogens (tertiary/aromatic N) is 4. The maximum atomic E-state index is 5.05. The Balaban J connectivity index is 1.60. The first-order valence-corrected chi connectivity index (χ1v) is 11.6. The minimum absolute atomic E-state index is 0.685. The summed E-state index contributed by atoms with van der Waals surface area (Å²) in [7, 11) is 0. The molecule has 0 bridgehead atoms. The van der Waals surface area contributed by atoms with Crippen molar-refractivity contribution in [3.63, 3.8) is 0 Å². The van der Waals surface area contributed by atoms with E-state index in [-0.39, 0.29) is 0 Å². The molecule has 4 aromatic carbocycles. The van der Waals surface area contributed by atoms with Gasteiger partial charge in [0.2, 0.25) is 0 Å². The third kappa shape index (κ3) is 4.13. The maximum Gasteiger partial charge on any atom is 0.159 e. The van der Waals surface area contributed by atoms with Crippen molar-refractivity contribution in [1.29, 1.82) is 0 Å². The van der Waals surface area contributed by atoms with E-state index < -0.39 is 0 Å². The van der Waals surface area contributed by atoms with Crippen LogP contribution < -0.4 is 0 Å². The lowest BCUT2D eigenvalue weighted by atomic mass is 10.1. The Labute approximate surface area is 204 Å². The fourth-order valence-electron chi connectivity index (χ4n) is 4.19. The third-order valence-electron chi connectivity index (χ3n) is 5.93. The molecule has 0 fully saturated rings. The van der Waals surface area contributed by atoms with Gasteiger partial charge in [-0.1, -0.05) is 121 Å². The van der Waals surface area contributed by atoms with Gasteiger partial charge in [-0.15, -0.1) is 0 Å². The van der Waals surface area contributed by atoms with Crippen molar-refractivity contribution >= 4 is 0 Å². The zero-order chi connectivity index (χ0) is 23.5. The Morgan fingerprint density at radius 2 is 1.03 bits per heavy atom. The Bertz CT molecular complexity index is 1560. The van der Waals surface area contributed by atoms with Gasteiger partial charge in [0.05, 0.1) is 17.6 Å². The van der Waals surface area contributed by atoms with E-state index in [9.17, 15) is 0 Å². The van der Waals surface area contributed by atoms with Gasteiger partial charge >= 0.3 is 0 Å². The highest BCUT2D eigenvalue weighted by atomic mass is 15.3. The number of hydrogen-bond acceptors (Lipinski definition) is 3. The van der Waals surface area contributed by atoms with E-state index in [0.29, 0.717) is 5.82 Å². The van der Waals surface area contributed by atoms with Gasteiger partial charge in [-0.05, 0) is 6.07 Å². The van der Waals surface area contributed by atoms with Crippen LogP contribution in [-0.2, 0) is 0 Å². The summed E-state index contributed by atoms with van der Waals surface area (Å²) in [6, 6.07) is 43.0. The summed E-state index contributed by atoms with van der Waals surface area (Å²) in [5, 5.41) is 5.05. The van der Waals surface area contributed by atoms with Crippen LogP contribution in [0.1, 0.15) is 0 Å². The standard InChI is InChI=1S/C31H22N4/c1-5-13-23(14-6-1)27-21-28(24-15-7-2-8-16-24)35(34-27)29-22-32-31(26-19-11-4-12-20-26)33-30(29)25-17-9-3-10-18-25/h1-22H. The zero-order valence-electron chi connectivity index (χ0n) is 19.0. The SMILES string of the molecule is c1ccc(-c2cc(-c3ccccc3)n(-c3cnc(-c4ccccc4)nc3-c3ccccc3)n2)cc1. The Kier molecular flexibility index (Phi) is 5.45. The molecule has 0 spiro atoms. The molecule has 0 saturated carbocycles. The molecule has 0 atom stereocenters. The second-order valence-electron chi connectivity index (χ2n) is 8.22. The summed E-state index contributed by atoms with van der Waals surface area (Å²) in [6.45, 7) is 0. The molecule has 6 rings (SSSR count). The molecule has 0 aliphatic heterocycles. The highest BCUT2D eigenvalue weighted by Gasteiger charge is 2.19. The average molecular weight is 451 g/mol. The van der Waals surface area contributed by atoms with Crippen LogP contribution in [0.4, 0.5) is 0 Å². The zero-order valence-corrected chi connectivity index (χ0v) is 19.0. The van der Waals surface area contributed by atoms with Crippen LogP contribution in [0.15, 0.2) is 134 Å². The fraction of sp³-hybridized carbons (Fsp3) is 0. The summed E-state index contributed by atoms with van der Waals surface area (Å²) >= 11 is 0. The minimum Gasteiger partial charge on any atom is -0.234 e. The molecular weight excluding hydrogens is 428 g/mol. The van der Waals surface area contributed by atoms with Gasteiger partial charge in [0, 0.05) is 22.3 Å². The molecule has 6 aromatic rings. The molecule has 166 valence electrons. The van der Waals surface area contributed by atoms with Gasteiger partial charge in [0.1, 0.15) is 11.4 Å². The van der Waals surface area contributed by atoms with E-state index in [1.54, 1.807) is 0 Å². The van der Waals surface area contributed by atoms with Crippen LogP contribution in [0.2, 0.25) is 0 Å². The van der Waals surface area contributed by atoms with Crippen LogP contribution in [0.3, 0.4) is 0 Å². The van der Waals surface area contributed by atoms with Crippen molar-refractivity contribution in [2.24, 2.45) is 0 Å². The van der Waals surface area contributed by atoms with Gasteiger partial charge in [-0.3, -0.25) is 0 Å². The van der Waals surface area contributed by atoms with Gasteiger partial charge in [0.25, 0.3) is 0 Å². The number of aromatic nitrogens is 4. The van der Waals surface area contributed by atoms with E-state index in [1.165, 1.54) is 0 Å². The topological polar surface area (TPSA) is 43.6 Å². The van der Waals surface area contributed by atoms with Gasteiger partial charge in [0.15, 0.2) is 5.82 Å². The monoisotopic (exact) mass is 450 g/mol. The summed E-state index contributed by atoms with van der Waals surface area (Å²) in [4.78, 5) is 9.79. The largest absolute Gasteiger partial charge is 0.234 e. The molecular formula is C31H22N4. The van der Waals surface area contributed by atoms with Crippen molar-refractivity contribution in [2.45, 2.75) is 0 Å². The maximum absolute atomic E-state index is 5.05. The molecule has 2 heterocycles. The highest BCUT2D eigenvalue weighted by molar-refractivity contribution is 5.76. The van der Waals surface area contributed by atoms with E-state index in [2.05, 4.69) is 42.5 Å². The molecule has 0 amide bonds. The lowest BCUT2D eigenvalue weighted by Crippen LogP contribution is -2.05. The Morgan fingerprint density at radius 1 is 0.514 bits per heavy atom. The molecule has 0 radical (unpaired) electrons. The molecule has 35 heavy (non-hydrogen) atoms. The van der Waals surface area contributed by atoms with Crippen molar-refractivity contribution < 1.29 is 0 Å². The van der Waals surface area contributed by atoms with Crippen molar-refractivity contribution in [3.05, 3.63) is 134 Å². The second-order valence-corrected chi connectivity index (χ2v) is 8.22. The second kappa shape index (κ2) is 9.20. The molecule has 4 nitrogen and oxygen atoms in total. The lowest BCUT2D eigenvalue weighted by molar-refractivity contribution is 0.878. The summed E-state index contributed by atoms with van der Waals surface area (Å²) in [6.07, 6.45) is 1.88. The van der Waals surface area contributed by atoms with E-state index in [0.717, 1.165) is 45.0 Å². The summed E-state index contributed by atoms with van der Waals surface area (Å²) in [5.41, 5.74) is 7.67. The van der Waals surface area contributed by atoms with Crippen LogP contribution in [0, 0.1) is 0 Å². The van der Waals surface area contributed by atoms with Gasteiger partial charge < -0.3 is 0 Å². The normalized spacial score (nSPS) is 10.9. The molecule has 0 saturated heterocycles. The lowest BCUT2D eigenvalue weighted by Gasteiger charge is -2.13. The number of rotatable bonds is 5. The first kappa shape index (κ1) is 20.8. The molecule has 2 aromatic heterocycles. The van der Waals surface area contributed by atoms with Crippen LogP contribution >= 0.6 is 0 Å². The molecule has 0 N–H and O–H groups in total. The number of hydrogen-bond donors (Lipinski definition) is 0. The van der Waals surface area contributed by atoms with E-state index >= 15 is 0 Å². The summed E-state index contributed by atoms with van der Waals surface area (Å²) in [5.74, 6) is 0.685. The highest BCUT2D eigenvalue weighted by Crippen LogP contribution is 2.33. The minimum atomic E-state index is 0.685. The van der Waals surface area contributed by atoms with Crippen LogP contribution in [-0.4, -0.2) is 19.7 Å². The third-order valence-corrected chi connectivity index (χ3v) is 5.93. The number of benzene rings is 4. The van der Waals surface area contributed by atoms with Crippen LogP contribution in [0.5, 0.6) is 0 Å². The van der Waals surface area contributed by atoms with Gasteiger partial charge in [-0.2, -0.15) is 5.10 Å². The molecule has 4 heteroatoms. The van der Waals surface area contributed by atoms with E-state index in [4.69, 9.17) is 15.1 Å². The first-order valence-electron chi connectivity index (χ1n) is 11.6. The average Bonchev–Trinajstić information content (AvgIpc) is 3.40. The molecule has 0 aliphatic carbocycles. The Hall–Kier alpha value is -4.83. The van der Waals surface area contributed by atoms with Crippen molar-refractivity contribution in [1.82, 2.24) is 19.7 Å². The van der Waals surface area contributed by atoms with Crippen molar-refractivity contribution in [2.75, 3.05) is 0 Å². The first-order chi connectivity index (χ1) is 17.4. The fourth-order valence-corrected chi connectivity index (χ4v) is 4.19. The Morgan fingerprint density at radius 3 is 1.63 bits per heavy atom. The predicted octanol–water partition coefficient (Wildman–Crippen LogP) is 7.33. The van der Waals surface area contributed by atoms with Crippen LogP contribution in [0.25, 0.3) is 50.8 Å². The van der Waals surface area contributed by atoms with E-state index in [1.807, 2.05) is 95.8 Å².